The molecule has 33 heavy (non-hydrogen) atoms. The topological polar surface area (TPSA) is 84.7 Å². The Hall–Kier alpha value is -2.17. The summed E-state index contributed by atoms with van der Waals surface area (Å²) in [5, 5.41) is 3.61. The average molecular weight is 499 g/mol. The summed E-state index contributed by atoms with van der Waals surface area (Å²) in [6, 6.07) is 4.39. The maximum atomic E-state index is 14.6. The first-order valence-electron chi connectivity index (χ1n) is 11.2. The first-order valence-corrected chi connectivity index (χ1v) is 13.1. The van der Waals surface area contributed by atoms with Crippen molar-refractivity contribution in [3.05, 3.63) is 45.6 Å². The minimum Gasteiger partial charge on any atom is -0.483 e. The molecule has 1 aromatic carbocycles. The normalized spacial score (nSPS) is 18.3. The van der Waals surface area contributed by atoms with Gasteiger partial charge in [0, 0.05) is 26.2 Å². The van der Waals surface area contributed by atoms with E-state index in [2.05, 4.69) is 5.10 Å². The molecular weight excluding hydrogens is 471 g/mol. The number of anilines is 1. The van der Waals surface area contributed by atoms with Crippen LogP contribution in [0.2, 0.25) is 5.02 Å². The first-order chi connectivity index (χ1) is 15.7. The highest BCUT2D eigenvalue weighted by molar-refractivity contribution is 7.89. The van der Waals surface area contributed by atoms with Crippen molar-refractivity contribution in [3.8, 4) is 11.4 Å². The largest absolute Gasteiger partial charge is 0.483 e. The van der Waals surface area contributed by atoms with Gasteiger partial charge in [-0.2, -0.15) is 14.1 Å². The predicted molar refractivity (Wildman–Crippen MR) is 126 cm³/mol. The van der Waals surface area contributed by atoms with Gasteiger partial charge in [0.05, 0.1) is 22.6 Å². The highest BCUT2D eigenvalue weighted by Gasteiger charge is 2.32. The summed E-state index contributed by atoms with van der Waals surface area (Å²) in [6.07, 6.45) is 5.11. The number of sulfonamides is 1. The highest BCUT2D eigenvalue weighted by Crippen LogP contribution is 2.31. The van der Waals surface area contributed by atoms with Crippen LogP contribution in [-0.4, -0.2) is 60.0 Å². The fraction of sp³-hybridized carbons (Fsp3) is 0.545. The molecule has 0 radical (unpaired) electrons. The van der Waals surface area contributed by atoms with Gasteiger partial charge in [-0.15, -0.1) is 0 Å². The van der Waals surface area contributed by atoms with Crippen LogP contribution in [0.4, 0.5) is 10.1 Å². The Kier molecular flexibility index (Phi) is 6.97. The Morgan fingerprint density at radius 1 is 1.12 bits per heavy atom. The molecule has 2 heterocycles. The van der Waals surface area contributed by atoms with Gasteiger partial charge in [-0.25, -0.2) is 12.8 Å². The number of piperazine rings is 1. The summed E-state index contributed by atoms with van der Waals surface area (Å²) in [5.41, 5.74) is -0.131. The molecule has 4 rings (SSSR count). The maximum absolute atomic E-state index is 14.6. The molecule has 0 atom stereocenters. The Morgan fingerprint density at radius 2 is 1.79 bits per heavy atom. The average Bonchev–Trinajstić information content (AvgIpc) is 3.30. The molecule has 1 aliphatic heterocycles. The van der Waals surface area contributed by atoms with E-state index >= 15 is 0 Å². The van der Waals surface area contributed by atoms with Crippen LogP contribution >= 0.6 is 11.6 Å². The summed E-state index contributed by atoms with van der Waals surface area (Å²) in [5.74, 6) is -0.628. The molecule has 1 saturated carbocycles. The van der Waals surface area contributed by atoms with Crippen molar-refractivity contribution >= 4 is 27.3 Å². The maximum Gasteiger partial charge on any atom is 0.316 e. The molecule has 0 amide bonds. The molecular formula is C22H28ClFN4O4S. The lowest BCUT2D eigenvalue weighted by Gasteiger charge is -2.36. The summed E-state index contributed by atoms with van der Waals surface area (Å²) in [6.45, 7) is 4.71. The summed E-state index contributed by atoms with van der Waals surface area (Å²) < 4.78 is 48.3. The lowest BCUT2D eigenvalue weighted by Crippen LogP contribution is -2.50. The molecule has 11 heteroatoms. The number of nitrogens with zero attached hydrogens (tertiary/aromatic N) is 4. The van der Waals surface area contributed by atoms with Crippen LogP contribution in [0.3, 0.4) is 0 Å². The third kappa shape index (κ3) is 4.74. The van der Waals surface area contributed by atoms with Crippen LogP contribution in [0.15, 0.2) is 29.2 Å². The van der Waals surface area contributed by atoms with Gasteiger partial charge >= 0.3 is 5.56 Å². The number of aromatic nitrogens is 2. The molecule has 2 fully saturated rings. The van der Waals surface area contributed by atoms with E-state index in [0.717, 1.165) is 30.4 Å². The SMILES string of the molecule is CC(C)S(=O)(=O)N1CCN(c2cnn(-c3cccc(Cl)c3F)c(=O)c2OC2CCCC2)CC1. The van der Waals surface area contributed by atoms with Crippen molar-refractivity contribution in [2.45, 2.75) is 50.9 Å². The first kappa shape index (κ1) is 24.0. The lowest BCUT2D eigenvalue weighted by atomic mass is 10.2. The summed E-state index contributed by atoms with van der Waals surface area (Å²) in [7, 11) is -3.35. The van der Waals surface area contributed by atoms with E-state index in [1.807, 2.05) is 4.90 Å². The molecule has 2 aliphatic rings. The van der Waals surface area contributed by atoms with E-state index in [1.165, 1.54) is 22.6 Å². The van der Waals surface area contributed by atoms with Gasteiger partial charge in [0.2, 0.25) is 15.8 Å². The number of ether oxygens (including phenoxy) is 1. The van der Waals surface area contributed by atoms with Gasteiger partial charge in [0.25, 0.3) is 0 Å². The van der Waals surface area contributed by atoms with E-state index in [-0.39, 0.29) is 22.6 Å². The van der Waals surface area contributed by atoms with Crippen molar-refractivity contribution in [1.82, 2.24) is 14.1 Å². The highest BCUT2D eigenvalue weighted by atomic mass is 35.5. The number of rotatable bonds is 6. The van der Waals surface area contributed by atoms with E-state index < -0.39 is 26.6 Å². The number of halogens is 2. The zero-order valence-electron chi connectivity index (χ0n) is 18.7. The molecule has 0 N–H and O–H groups in total. The fourth-order valence-electron chi connectivity index (χ4n) is 4.25. The van der Waals surface area contributed by atoms with Gasteiger partial charge in [-0.3, -0.25) is 4.79 Å². The smallest absolute Gasteiger partial charge is 0.316 e. The molecule has 2 aromatic rings. The Labute approximate surface area is 197 Å². The van der Waals surface area contributed by atoms with Gasteiger partial charge < -0.3 is 9.64 Å². The van der Waals surface area contributed by atoms with Gasteiger partial charge in [-0.1, -0.05) is 17.7 Å². The van der Waals surface area contributed by atoms with Gasteiger partial charge in [-0.05, 0) is 51.7 Å². The minimum absolute atomic E-state index is 0.0526. The number of benzene rings is 1. The van der Waals surface area contributed by atoms with Crippen LogP contribution < -0.4 is 15.2 Å². The Balaban J connectivity index is 1.69. The van der Waals surface area contributed by atoms with Crippen LogP contribution in [0.5, 0.6) is 5.75 Å². The molecule has 1 aromatic heterocycles. The zero-order valence-corrected chi connectivity index (χ0v) is 20.3. The van der Waals surface area contributed by atoms with E-state index in [4.69, 9.17) is 16.3 Å². The van der Waals surface area contributed by atoms with Gasteiger partial charge in [0.15, 0.2) is 5.82 Å². The third-order valence-corrected chi connectivity index (χ3v) is 8.76. The number of hydrogen-bond donors (Lipinski definition) is 0. The van der Waals surface area contributed by atoms with Crippen LogP contribution in [-0.2, 0) is 10.0 Å². The van der Waals surface area contributed by atoms with Crippen molar-refractivity contribution < 1.29 is 17.5 Å². The molecule has 0 spiro atoms. The second kappa shape index (κ2) is 9.60. The molecule has 180 valence electrons. The molecule has 1 aliphatic carbocycles. The summed E-state index contributed by atoms with van der Waals surface area (Å²) in [4.78, 5) is 15.3. The van der Waals surface area contributed by atoms with Gasteiger partial charge in [0.1, 0.15) is 11.4 Å². The van der Waals surface area contributed by atoms with Crippen molar-refractivity contribution in [2.24, 2.45) is 0 Å². The van der Waals surface area contributed by atoms with E-state index in [0.29, 0.717) is 31.9 Å². The van der Waals surface area contributed by atoms with Crippen molar-refractivity contribution in [1.29, 1.82) is 0 Å². The quantitative estimate of drug-likeness (QED) is 0.608. The molecule has 1 saturated heterocycles. The predicted octanol–water partition coefficient (Wildman–Crippen LogP) is 3.21. The fourth-order valence-corrected chi connectivity index (χ4v) is 5.69. The lowest BCUT2D eigenvalue weighted by molar-refractivity contribution is 0.205. The summed E-state index contributed by atoms with van der Waals surface area (Å²) >= 11 is 5.91. The molecule has 0 bridgehead atoms. The van der Waals surface area contributed by atoms with E-state index in [9.17, 15) is 17.6 Å². The second-order valence-corrected chi connectivity index (χ2v) is 11.5. The van der Waals surface area contributed by atoms with Crippen molar-refractivity contribution in [2.75, 3.05) is 31.1 Å². The van der Waals surface area contributed by atoms with Crippen LogP contribution in [0.25, 0.3) is 5.69 Å². The minimum atomic E-state index is -3.35. The number of hydrogen-bond acceptors (Lipinski definition) is 6. The van der Waals surface area contributed by atoms with Crippen molar-refractivity contribution in [3.63, 3.8) is 0 Å². The molecule has 0 unspecified atom stereocenters. The van der Waals surface area contributed by atoms with Crippen LogP contribution in [0, 0.1) is 5.82 Å². The standard InChI is InChI=1S/C22H28ClFN4O4S/c1-15(2)33(30,31)27-12-10-26(11-13-27)19-14-25-28(18-9-5-8-17(23)20(18)24)22(29)21(19)32-16-6-3-4-7-16/h5,8-9,14-16H,3-4,6-7,10-13H2,1-2H3. The van der Waals surface area contributed by atoms with E-state index in [1.54, 1.807) is 19.9 Å². The third-order valence-electron chi connectivity index (χ3n) is 6.20. The van der Waals surface area contributed by atoms with Crippen LogP contribution in [0.1, 0.15) is 39.5 Å². The monoisotopic (exact) mass is 498 g/mol. The Bertz CT molecular complexity index is 1170. The zero-order chi connectivity index (χ0) is 23.8. The second-order valence-electron chi connectivity index (χ2n) is 8.65. The Morgan fingerprint density at radius 3 is 2.42 bits per heavy atom. The molecule has 8 nitrogen and oxygen atoms in total.